The van der Waals surface area contributed by atoms with Gasteiger partial charge in [0, 0.05) is 5.56 Å². The minimum atomic E-state index is -0.556. The van der Waals surface area contributed by atoms with Gasteiger partial charge in [-0.25, -0.2) is 14.6 Å². The number of hydrogen-bond donors (Lipinski definition) is 0. The van der Waals surface area contributed by atoms with Crippen LogP contribution in [-0.2, 0) is 9.47 Å². The second-order valence-corrected chi connectivity index (χ2v) is 4.05. The maximum Gasteiger partial charge on any atom is 0.375 e. The fourth-order valence-electron chi connectivity index (χ4n) is 1.67. The number of ether oxygens (including phenoxy) is 2. The van der Waals surface area contributed by atoms with Gasteiger partial charge < -0.3 is 13.9 Å². The van der Waals surface area contributed by atoms with Crippen LogP contribution in [0.15, 0.2) is 34.9 Å². The highest BCUT2D eigenvalue weighted by Crippen LogP contribution is 2.20. The molecule has 0 aliphatic heterocycles. The van der Waals surface area contributed by atoms with E-state index in [0.29, 0.717) is 17.7 Å². The van der Waals surface area contributed by atoms with Gasteiger partial charge in [-0.1, -0.05) is 0 Å². The van der Waals surface area contributed by atoms with E-state index < -0.39 is 5.97 Å². The molecule has 0 bridgehead atoms. The zero-order chi connectivity index (χ0) is 15.2. The Morgan fingerprint density at radius 1 is 1.05 bits per heavy atom. The van der Waals surface area contributed by atoms with Crippen LogP contribution in [0, 0.1) is 0 Å². The summed E-state index contributed by atoms with van der Waals surface area (Å²) in [5.74, 6) is -0.613. The number of carbonyl (C=O) groups excluding carboxylic acids is 2. The summed E-state index contributed by atoms with van der Waals surface area (Å²) in [5.41, 5.74) is 1.09. The molecule has 1 aromatic carbocycles. The van der Waals surface area contributed by atoms with Gasteiger partial charge >= 0.3 is 11.9 Å². The van der Waals surface area contributed by atoms with Crippen LogP contribution >= 0.6 is 0 Å². The molecule has 0 N–H and O–H groups in total. The van der Waals surface area contributed by atoms with Crippen molar-refractivity contribution in [1.29, 1.82) is 0 Å². The highest BCUT2D eigenvalue weighted by molar-refractivity contribution is 5.90. The van der Waals surface area contributed by atoms with Gasteiger partial charge in [0.25, 0.3) is 0 Å². The van der Waals surface area contributed by atoms with E-state index in [4.69, 9.17) is 13.9 Å². The van der Waals surface area contributed by atoms with Crippen LogP contribution in [0.5, 0.6) is 0 Å². The van der Waals surface area contributed by atoms with Gasteiger partial charge in [-0.3, -0.25) is 0 Å². The van der Waals surface area contributed by atoms with Crippen molar-refractivity contribution in [3.8, 4) is 11.5 Å². The standard InChI is InChI=1S/C15H15NO5/c1-3-19-14(17)11-7-5-10(6-8-11)13-16-9-12(21-13)15(18)20-4-2/h5-9H,3-4H2,1-2H3. The number of rotatable bonds is 5. The normalized spacial score (nSPS) is 10.2. The number of oxazole rings is 1. The molecule has 2 aromatic rings. The van der Waals surface area contributed by atoms with Gasteiger partial charge in [-0.05, 0) is 38.1 Å². The zero-order valence-corrected chi connectivity index (χ0v) is 11.8. The Morgan fingerprint density at radius 2 is 1.67 bits per heavy atom. The van der Waals surface area contributed by atoms with Gasteiger partial charge in [0.05, 0.1) is 25.0 Å². The minimum Gasteiger partial charge on any atom is -0.462 e. The lowest BCUT2D eigenvalue weighted by molar-refractivity contribution is 0.0489. The molecule has 1 aromatic heterocycles. The third-order valence-corrected chi connectivity index (χ3v) is 2.63. The van der Waals surface area contributed by atoms with Gasteiger partial charge in [0.1, 0.15) is 0 Å². The third kappa shape index (κ3) is 3.47. The van der Waals surface area contributed by atoms with E-state index in [2.05, 4.69) is 4.98 Å². The number of carbonyl (C=O) groups is 2. The zero-order valence-electron chi connectivity index (χ0n) is 11.8. The SMILES string of the molecule is CCOC(=O)c1ccc(-c2ncc(C(=O)OCC)o2)cc1. The van der Waals surface area contributed by atoms with Crippen LogP contribution in [-0.4, -0.2) is 30.1 Å². The van der Waals surface area contributed by atoms with Gasteiger partial charge in [0.2, 0.25) is 11.7 Å². The van der Waals surface area contributed by atoms with Crippen LogP contribution in [0.1, 0.15) is 34.8 Å². The lowest BCUT2D eigenvalue weighted by Gasteiger charge is -2.02. The van der Waals surface area contributed by atoms with Crippen molar-refractivity contribution in [2.75, 3.05) is 13.2 Å². The second kappa shape index (κ2) is 6.69. The topological polar surface area (TPSA) is 78.6 Å². The summed E-state index contributed by atoms with van der Waals surface area (Å²) in [7, 11) is 0. The van der Waals surface area contributed by atoms with Gasteiger partial charge in [-0.2, -0.15) is 0 Å². The first-order chi connectivity index (χ1) is 10.2. The van der Waals surface area contributed by atoms with E-state index in [-0.39, 0.29) is 24.2 Å². The highest BCUT2D eigenvalue weighted by Gasteiger charge is 2.15. The van der Waals surface area contributed by atoms with Crippen molar-refractivity contribution in [3.05, 3.63) is 41.8 Å². The second-order valence-electron chi connectivity index (χ2n) is 4.05. The summed E-state index contributed by atoms with van der Waals surface area (Å²) >= 11 is 0. The molecule has 110 valence electrons. The average Bonchev–Trinajstić information content (AvgIpc) is 2.98. The molecule has 0 saturated carbocycles. The Labute approximate surface area is 121 Å². The van der Waals surface area contributed by atoms with Gasteiger partial charge in [0.15, 0.2) is 0 Å². The van der Waals surface area contributed by atoms with Crippen molar-refractivity contribution in [3.63, 3.8) is 0 Å². The van der Waals surface area contributed by atoms with E-state index in [1.54, 1.807) is 38.1 Å². The number of nitrogens with zero attached hydrogens (tertiary/aromatic N) is 1. The lowest BCUT2D eigenvalue weighted by Crippen LogP contribution is -2.04. The number of benzene rings is 1. The Morgan fingerprint density at radius 3 is 2.29 bits per heavy atom. The molecule has 0 spiro atoms. The molecule has 0 unspecified atom stereocenters. The molecule has 2 rings (SSSR count). The number of esters is 2. The summed E-state index contributed by atoms with van der Waals surface area (Å²) in [6, 6.07) is 6.57. The Hall–Kier alpha value is -2.63. The molecule has 0 fully saturated rings. The molecule has 6 heteroatoms. The fourth-order valence-corrected chi connectivity index (χ4v) is 1.67. The summed E-state index contributed by atoms with van der Waals surface area (Å²) in [4.78, 5) is 27.0. The first-order valence-corrected chi connectivity index (χ1v) is 6.56. The molecule has 6 nitrogen and oxygen atoms in total. The van der Waals surface area contributed by atoms with Crippen molar-refractivity contribution < 1.29 is 23.5 Å². The average molecular weight is 289 g/mol. The Bertz CT molecular complexity index is 630. The highest BCUT2D eigenvalue weighted by atomic mass is 16.5. The first kappa shape index (κ1) is 14.8. The van der Waals surface area contributed by atoms with Crippen LogP contribution in [0.2, 0.25) is 0 Å². The summed E-state index contributed by atoms with van der Waals surface area (Å²) in [6.07, 6.45) is 1.31. The van der Waals surface area contributed by atoms with E-state index >= 15 is 0 Å². The molecule has 0 saturated heterocycles. The van der Waals surface area contributed by atoms with E-state index in [0.717, 1.165) is 0 Å². The summed E-state index contributed by atoms with van der Waals surface area (Å²) < 4.78 is 15.0. The molecular weight excluding hydrogens is 274 g/mol. The van der Waals surface area contributed by atoms with E-state index in [9.17, 15) is 9.59 Å². The van der Waals surface area contributed by atoms with Crippen LogP contribution in [0.3, 0.4) is 0 Å². The predicted molar refractivity (Wildman–Crippen MR) is 73.9 cm³/mol. The van der Waals surface area contributed by atoms with Crippen molar-refractivity contribution >= 4 is 11.9 Å². The molecule has 0 amide bonds. The minimum absolute atomic E-state index is 0.0429. The fraction of sp³-hybridized carbons (Fsp3) is 0.267. The summed E-state index contributed by atoms with van der Waals surface area (Å²) in [5, 5.41) is 0. The maximum atomic E-state index is 11.5. The van der Waals surface area contributed by atoms with Crippen LogP contribution < -0.4 is 0 Å². The van der Waals surface area contributed by atoms with Crippen LogP contribution in [0.4, 0.5) is 0 Å². The quantitative estimate of drug-likeness (QED) is 0.787. The van der Waals surface area contributed by atoms with Gasteiger partial charge in [-0.15, -0.1) is 0 Å². The molecular formula is C15H15NO5. The lowest BCUT2D eigenvalue weighted by atomic mass is 10.1. The van der Waals surface area contributed by atoms with Crippen molar-refractivity contribution in [2.24, 2.45) is 0 Å². The van der Waals surface area contributed by atoms with E-state index in [1.807, 2.05) is 0 Å². The molecule has 0 aliphatic rings. The first-order valence-electron chi connectivity index (χ1n) is 6.56. The molecule has 0 atom stereocenters. The van der Waals surface area contributed by atoms with Crippen LogP contribution in [0.25, 0.3) is 11.5 Å². The smallest absolute Gasteiger partial charge is 0.375 e. The largest absolute Gasteiger partial charge is 0.462 e. The number of hydrogen-bond acceptors (Lipinski definition) is 6. The molecule has 0 radical (unpaired) electrons. The van der Waals surface area contributed by atoms with Crippen molar-refractivity contribution in [2.45, 2.75) is 13.8 Å². The summed E-state index contributed by atoms with van der Waals surface area (Å²) in [6.45, 7) is 4.05. The monoisotopic (exact) mass is 289 g/mol. The molecule has 21 heavy (non-hydrogen) atoms. The Kier molecular flexibility index (Phi) is 4.71. The maximum absolute atomic E-state index is 11.5. The van der Waals surface area contributed by atoms with Crippen molar-refractivity contribution in [1.82, 2.24) is 4.98 Å². The third-order valence-electron chi connectivity index (χ3n) is 2.63. The molecule has 1 heterocycles. The Balaban J connectivity index is 2.15. The number of aromatic nitrogens is 1. The predicted octanol–water partition coefficient (Wildman–Crippen LogP) is 2.70. The molecule has 0 aliphatic carbocycles. The van der Waals surface area contributed by atoms with E-state index in [1.165, 1.54) is 6.20 Å².